The number of likely N-dealkylation sites (N-methyl/N-ethyl adjacent to an activating group) is 1. The molecule has 0 spiro atoms. The Morgan fingerprint density at radius 1 is 1.22 bits per heavy atom. The summed E-state index contributed by atoms with van der Waals surface area (Å²) in [5.74, 6) is 2.20. The third-order valence-corrected chi connectivity index (χ3v) is 4.61. The van der Waals surface area contributed by atoms with Gasteiger partial charge in [0.05, 0.1) is 6.61 Å². The summed E-state index contributed by atoms with van der Waals surface area (Å²) in [6.07, 6.45) is 6.89. The smallest absolute Gasteiger partial charge is 0.223 e. The second-order valence-corrected chi connectivity index (χ2v) is 6.69. The SMILES string of the molecule is CN=C(NCCCNC(=O)C1CCC1)N(C)CCOCC1CC1. The first-order valence-electron chi connectivity index (χ1n) is 8.98. The van der Waals surface area contributed by atoms with E-state index in [0.717, 1.165) is 64.0 Å². The molecule has 0 atom stereocenters. The molecule has 23 heavy (non-hydrogen) atoms. The highest BCUT2D eigenvalue weighted by Crippen LogP contribution is 2.28. The van der Waals surface area contributed by atoms with Crippen LogP contribution < -0.4 is 10.6 Å². The van der Waals surface area contributed by atoms with Crippen LogP contribution in [0.1, 0.15) is 38.5 Å². The van der Waals surface area contributed by atoms with E-state index in [1.807, 2.05) is 7.05 Å². The summed E-state index contributed by atoms with van der Waals surface area (Å²) in [5, 5.41) is 6.34. The van der Waals surface area contributed by atoms with Crippen LogP contribution in [0.15, 0.2) is 4.99 Å². The Kier molecular flexibility index (Phi) is 7.65. The van der Waals surface area contributed by atoms with E-state index in [1.165, 1.54) is 19.3 Å². The number of rotatable bonds is 10. The van der Waals surface area contributed by atoms with Crippen molar-refractivity contribution in [3.8, 4) is 0 Å². The summed E-state index contributed by atoms with van der Waals surface area (Å²) in [5.41, 5.74) is 0. The summed E-state index contributed by atoms with van der Waals surface area (Å²) in [7, 11) is 3.82. The van der Waals surface area contributed by atoms with Crippen LogP contribution in [0.25, 0.3) is 0 Å². The number of hydrogen-bond donors (Lipinski definition) is 2. The van der Waals surface area contributed by atoms with E-state index in [0.29, 0.717) is 0 Å². The maximum Gasteiger partial charge on any atom is 0.223 e. The molecule has 0 unspecified atom stereocenters. The van der Waals surface area contributed by atoms with Crippen LogP contribution in [0.2, 0.25) is 0 Å². The first-order chi connectivity index (χ1) is 11.2. The highest BCUT2D eigenvalue weighted by Gasteiger charge is 2.24. The van der Waals surface area contributed by atoms with E-state index >= 15 is 0 Å². The van der Waals surface area contributed by atoms with Crippen LogP contribution in [0.3, 0.4) is 0 Å². The highest BCUT2D eigenvalue weighted by atomic mass is 16.5. The predicted octanol–water partition coefficient (Wildman–Crippen LogP) is 1.23. The van der Waals surface area contributed by atoms with Crippen molar-refractivity contribution in [2.24, 2.45) is 16.8 Å². The van der Waals surface area contributed by atoms with Crippen LogP contribution >= 0.6 is 0 Å². The van der Waals surface area contributed by atoms with Crippen molar-refractivity contribution >= 4 is 11.9 Å². The van der Waals surface area contributed by atoms with Crippen molar-refractivity contribution in [1.29, 1.82) is 0 Å². The molecule has 0 saturated heterocycles. The first kappa shape index (κ1) is 18.0. The summed E-state index contributed by atoms with van der Waals surface area (Å²) in [6.45, 7) is 4.02. The fourth-order valence-corrected chi connectivity index (χ4v) is 2.54. The number of nitrogens with one attached hydrogen (secondary N) is 2. The quantitative estimate of drug-likeness (QED) is 0.360. The Morgan fingerprint density at radius 2 is 1.96 bits per heavy atom. The van der Waals surface area contributed by atoms with Crippen LogP contribution in [0.5, 0.6) is 0 Å². The molecule has 2 N–H and O–H groups in total. The number of amides is 1. The molecular weight excluding hydrogens is 292 g/mol. The fourth-order valence-electron chi connectivity index (χ4n) is 2.54. The Hall–Kier alpha value is -1.30. The maximum atomic E-state index is 11.7. The average molecular weight is 324 g/mol. The number of carbonyl (C=O) groups is 1. The molecule has 2 saturated carbocycles. The van der Waals surface area contributed by atoms with Gasteiger partial charge >= 0.3 is 0 Å². The zero-order valence-electron chi connectivity index (χ0n) is 14.6. The molecule has 0 aromatic carbocycles. The monoisotopic (exact) mass is 324 g/mol. The lowest BCUT2D eigenvalue weighted by atomic mass is 9.85. The number of carbonyl (C=O) groups excluding carboxylic acids is 1. The van der Waals surface area contributed by atoms with Gasteiger partial charge in [-0.25, -0.2) is 0 Å². The van der Waals surface area contributed by atoms with Gasteiger partial charge in [-0.15, -0.1) is 0 Å². The zero-order chi connectivity index (χ0) is 16.5. The van der Waals surface area contributed by atoms with Crippen LogP contribution in [0, 0.1) is 11.8 Å². The Balaban J connectivity index is 1.48. The number of aliphatic imine (C=N–C) groups is 1. The second-order valence-electron chi connectivity index (χ2n) is 6.69. The molecule has 6 heteroatoms. The molecule has 132 valence electrons. The summed E-state index contributed by atoms with van der Waals surface area (Å²) < 4.78 is 5.66. The summed E-state index contributed by atoms with van der Waals surface area (Å²) >= 11 is 0. The van der Waals surface area contributed by atoms with Crippen molar-refractivity contribution in [2.45, 2.75) is 38.5 Å². The van der Waals surface area contributed by atoms with Crippen LogP contribution in [-0.2, 0) is 9.53 Å². The standard InChI is InChI=1S/C17H32N4O2/c1-18-17(21(2)11-12-23-13-14-7-8-14)20-10-4-9-19-16(22)15-5-3-6-15/h14-15H,3-13H2,1-2H3,(H,18,20)(H,19,22). The summed E-state index contributed by atoms with van der Waals surface area (Å²) in [4.78, 5) is 18.1. The van der Waals surface area contributed by atoms with Gasteiger partial charge in [0.15, 0.2) is 5.96 Å². The van der Waals surface area contributed by atoms with Gasteiger partial charge in [-0.2, -0.15) is 0 Å². The van der Waals surface area contributed by atoms with Gasteiger partial charge < -0.3 is 20.3 Å². The minimum atomic E-state index is 0.227. The van der Waals surface area contributed by atoms with E-state index in [-0.39, 0.29) is 11.8 Å². The van der Waals surface area contributed by atoms with E-state index in [2.05, 4.69) is 20.5 Å². The van der Waals surface area contributed by atoms with Crippen LogP contribution in [-0.4, -0.2) is 63.7 Å². The molecule has 6 nitrogen and oxygen atoms in total. The van der Waals surface area contributed by atoms with Crippen molar-refractivity contribution in [3.63, 3.8) is 0 Å². The van der Waals surface area contributed by atoms with Crippen molar-refractivity contribution in [1.82, 2.24) is 15.5 Å². The Bertz CT molecular complexity index is 392. The van der Waals surface area contributed by atoms with Crippen molar-refractivity contribution in [2.75, 3.05) is 46.9 Å². The lowest BCUT2D eigenvalue weighted by Crippen LogP contribution is -2.42. The van der Waals surface area contributed by atoms with E-state index in [9.17, 15) is 4.79 Å². The normalized spacial score (nSPS) is 18.4. The van der Waals surface area contributed by atoms with Gasteiger partial charge in [-0.05, 0) is 38.0 Å². The third kappa shape index (κ3) is 6.77. The molecule has 0 radical (unpaired) electrons. The minimum absolute atomic E-state index is 0.227. The third-order valence-electron chi connectivity index (χ3n) is 4.61. The topological polar surface area (TPSA) is 66.0 Å². The van der Waals surface area contributed by atoms with Crippen molar-refractivity contribution in [3.05, 3.63) is 0 Å². The van der Waals surface area contributed by atoms with Gasteiger partial charge in [0, 0.05) is 46.3 Å². The summed E-state index contributed by atoms with van der Waals surface area (Å²) in [6, 6.07) is 0. The van der Waals surface area contributed by atoms with Gasteiger partial charge in [-0.3, -0.25) is 9.79 Å². The number of guanidine groups is 1. The molecule has 0 heterocycles. The van der Waals surface area contributed by atoms with Gasteiger partial charge in [0.1, 0.15) is 0 Å². The lowest BCUT2D eigenvalue weighted by molar-refractivity contribution is -0.127. The Morgan fingerprint density at radius 3 is 2.57 bits per heavy atom. The molecule has 0 bridgehead atoms. The highest BCUT2D eigenvalue weighted by molar-refractivity contribution is 5.80. The Labute approximate surface area is 140 Å². The number of ether oxygens (including phenoxy) is 1. The number of hydrogen-bond acceptors (Lipinski definition) is 3. The largest absolute Gasteiger partial charge is 0.379 e. The van der Waals surface area contributed by atoms with Gasteiger partial charge in [0.25, 0.3) is 0 Å². The van der Waals surface area contributed by atoms with E-state index in [4.69, 9.17) is 4.74 Å². The predicted molar refractivity (Wildman–Crippen MR) is 92.5 cm³/mol. The molecule has 0 aromatic heterocycles. The maximum absolute atomic E-state index is 11.7. The van der Waals surface area contributed by atoms with Gasteiger partial charge in [-0.1, -0.05) is 6.42 Å². The molecule has 1 amide bonds. The molecule has 0 aromatic rings. The zero-order valence-corrected chi connectivity index (χ0v) is 14.6. The average Bonchev–Trinajstić information content (AvgIpc) is 3.29. The minimum Gasteiger partial charge on any atom is -0.379 e. The van der Waals surface area contributed by atoms with Gasteiger partial charge in [0.2, 0.25) is 5.91 Å². The van der Waals surface area contributed by atoms with E-state index in [1.54, 1.807) is 7.05 Å². The van der Waals surface area contributed by atoms with Crippen LogP contribution in [0.4, 0.5) is 0 Å². The lowest BCUT2D eigenvalue weighted by Gasteiger charge is -2.24. The molecule has 2 aliphatic rings. The van der Waals surface area contributed by atoms with E-state index < -0.39 is 0 Å². The molecular formula is C17H32N4O2. The number of nitrogens with zero attached hydrogens (tertiary/aromatic N) is 2. The fraction of sp³-hybridized carbons (Fsp3) is 0.882. The van der Waals surface area contributed by atoms with Crippen molar-refractivity contribution < 1.29 is 9.53 Å². The first-order valence-corrected chi connectivity index (χ1v) is 8.98. The molecule has 2 rings (SSSR count). The molecule has 2 fully saturated rings. The molecule has 2 aliphatic carbocycles. The second kappa shape index (κ2) is 9.75. The molecule has 0 aliphatic heterocycles.